The molecule has 1 amide bonds. The van der Waals surface area contributed by atoms with Crippen LogP contribution in [0.2, 0.25) is 0 Å². The van der Waals surface area contributed by atoms with Crippen molar-refractivity contribution in [2.24, 2.45) is 5.73 Å². The third-order valence-corrected chi connectivity index (χ3v) is 2.87. The van der Waals surface area contributed by atoms with E-state index in [0.29, 0.717) is 6.54 Å². The van der Waals surface area contributed by atoms with Gasteiger partial charge in [0.05, 0.1) is 6.54 Å². The Morgan fingerprint density at radius 1 is 1.40 bits per heavy atom. The summed E-state index contributed by atoms with van der Waals surface area (Å²) in [4.78, 5) is 12.7. The highest BCUT2D eigenvalue weighted by Gasteiger charge is 2.18. The Hall–Kier alpha value is -1.76. The van der Waals surface area contributed by atoms with E-state index in [1.54, 1.807) is 0 Å². The zero-order valence-corrected chi connectivity index (χ0v) is 12.2. The van der Waals surface area contributed by atoms with Crippen molar-refractivity contribution < 1.29 is 13.6 Å². The highest BCUT2D eigenvalue weighted by molar-refractivity contribution is 7.80. The fraction of sp³-hybridized carbons (Fsp3) is 0.385. The number of nitrogens with one attached hydrogen (secondary N) is 1. The number of rotatable bonds is 6. The molecule has 0 aromatic heterocycles. The van der Waals surface area contributed by atoms with Gasteiger partial charge >= 0.3 is 0 Å². The minimum Gasteiger partial charge on any atom is -0.389 e. The second-order valence-corrected chi connectivity index (χ2v) is 4.80. The van der Waals surface area contributed by atoms with Crippen molar-refractivity contribution in [2.45, 2.75) is 13.3 Å². The maximum atomic E-state index is 13.9. The van der Waals surface area contributed by atoms with Crippen LogP contribution in [0.3, 0.4) is 0 Å². The number of halogens is 2. The fourth-order valence-electron chi connectivity index (χ4n) is 1.69. The van der Waals surface area contributed by atoms with Crippen LogP contribution < -0.4 is 16.0 Å². The maximum Gasteiger partial charge on any atom is 0.239 e. The molecular formula is C13H17F2N3OS. The molecule has 1 aromatic rings. The lowest BCUT2D eigenvalue weighted by Crippen LogP contribution is -2.36. The molecule has 0 unspecified atom stereocenters. The van der Waals surface area contributed by atoms with E-state index in [0.717, 1.165) is 18.6 Å². The number of anilines is 1. The molecular weight excluding hydrogens is 284 g/mol. The monoisotopic (exact) mass is 301 g/mol. The van der Waals surface area contributed by atoms with Crippen LogP contribution >= 0.6 is 12.2 Å². The Morgan fingerprint density at radius 3 is 2.40 bits per heavy atom. The third-order valence-electron chi connectivity index (χ3n) is 2.64. The van der Waals surface area contributed by atoms with E-state index in [4.69, 9.17) is 5.73 Å². The third kappa shape index (κ3) is 4.12. The standard InChI is InChI=1S/C13H17F2N3OS/c1-3-4-17-11(19)7-18(2)12-9(14)5-8(13(16)20)6-10(12)15/h5-6H,3-4,7H2,1-2H3,(H2,16,20)(H,17,19). The van der Waals surface area contributed by atoms with Crippen LogP contribution in [0, 0.1) is 11.6 Å². The smallest absolute Gasteiger partial charge is 0.239 e. The Labute approximate surface area is 121 Å². The van der Waals surface area contributed by atoms with Gasteiger partial charge in [0.2, 0.25) is 5.91 Å². The summed E-state index contributed by atoms with van der Waals surface area (Å²) >= 11 is 4.67. The molecule has 1 rings (SSSR count). The average Bonchev–Trinajstić information content (AvgIpc) is 2.35. The van der Waals surface area contributed by atoms with Crippen molar-refractivity contribution in [3.63, 3.8) is 0 Å². The van der Waals surface area contributed by atoms with E-state index in [2.05, 4.69) is 17.5 Å². The minimum absolute atomic E-state index is 0.0855. The molecule has 0 heterocycles. The topological polar surface area (TPSA) is 58.4 Å². The number of hydrogen-bond donors (Lipinski definition) is 2. The summed E-state index contributed by atoms with van der Waals surface area (Å²) in [7, 11) is 1.44. The van der Waals surface area contributed by atoms with E-state index in [1.807, 2.05) is 6.92 Å². The molecule has 0 aliphatic carbocycles. The van der Waals surface area contributed by atoms with Crippen LogP contribution in [0.1, 0.15) is 18.9 Å². The van der Waals surface area contributed by atoms with E-state index in [1.165, 1.54) is 11.9 Å². The molecule has 0 saturated heterocycles. The predicted octanol–water partition coefficient (Wildman–Crippen LogP) is 1.56. The number of amides is 1. The van der Waals surface area contributed by atoms with Gasteiger partial charge in [0.1, 0.15) is 22.3 Å². The largest absolute Gasteiger partial charge is 0.389 e. The molecule has 0 atom stereocenters. The normalized spacial score (nSPS) is 10.2. The van der Waals surface area contributed by atoms with Gasteiger partial charge in [-0.05, 0) is 18.6 Å². The van der Waals surface area contributed by atoms with Gasteiger partial charge in [0, 0.05) is 19.2 Å². The van der Waals surface area contributed by atoms with Gasteiger partial charge in [-0.2, -0.15) is 0 Å². The highest BCUT2D eigenvalue weighted by atomic mass is 32.1. The van der Waals surface area contributed by atoms with E-state index in [-0.39, 0.29) is 28.7 Å². The van der Waals surface area contributed by atoms with Crippen molar-refractivity contribution in [1.29, 1.82) is 0 Å². The van der Waals surface area contributed by atoms with E-state index in [9.17, 15) is 13.6 Å². The summed E-state index contributed by atoms with van der Waals surface area (Å²) in [6.07, 6.45) is 0.792. The number of carbonyl (C=O) groups excluding carboxylic acids is 1. The summed E-state index contributed by atoms with van der Waals surface area (Å²) in [5.74, 6) is -1.91. The predicted molar refractivity (Wildman–Crippen MR) is 78.8 cm³/mol. The molecule has 3 N–H and O–H groups in total. The zero-order chi connectivity index (χ0) is 15.3. The molecule has 0 bridgehead atoms. The highest BCUT2D eigenvalue weighted by Crippen LogP contribution is 2.24. The van der Waals surface area contributed by atoms with Crippen molar-refractivity contribution in [3.05, 3.63) is 29.3 Å². The number of carbonyl (C=O) groups is 1. The van der Waals surface area contributed by atoms with Crippen molar-refractivity contribution >= 4 is 28.8 Å². The lowest BCUT2D eigenvalue weighted by molar-refractivity contribution is -0.119. The molecule has 0 fully saturated rings. The Kier molecular flexibility index (Phi) is 5.82. The Balaban J connectivity index is 2.90. The molecule has 0 spiro atoms. The molecule has 0 radical (unpaired) electrons. The number of thiocarbonyl (C=S) groups is 1. The number of likely N-dealkylation sites (N-methyl/N-ethyl adjacent to an activating group) is 1. The average molecular weight is 301 g/mol. The zero-order valence-electron chi connectivity index (χ0n) is 11.4. The lowest BCUT2D eigenvalue weighted by atomic mass is 10.1. The van der Waals surface area contributed by atoms with Crippen LogP contribution in [0.5, 0.6) is 0 Å². The first-order valence-corrected chi connectivity index (χ1v) is 6.54. The van der Waals surface area contributed by atoms with E-state index >= 15 is 0 Å². The quantitative estimate of drug-likeness (QED) is 0.783. The van der Waals surface area contributed by atoms with Gasteiger partial charge in [0.15, 0.2) is 0 Å². The Morgan fingerprint density at radius 2 is 1.95 bits per heavy atom. The second-order valence-electron chi connectivity index (χ2n) is 4.36. The molecule has 0 saturated carbocycles. The first-order chi connectivity index (χ1) is 9.36. The molecule has 20 heavy (non-hydrogen) atoms. The van der Waals surface area contributed by atoms with Gasteiger partial charge < -0.3 is 16.0 Å². The number of hydrogen-bond acceptors (Lipinski definition) is 3. The fourth-order valence-corrected chi connectivity index (χ4v) is 1.81. The van der Waals surface area contributed by atoms with Crippen molar-refractivity contribution in [3.8, 4) is 0 Å². The molecule has 1 aromatic carbocycles. The van der Waals surface area contributed by atoms with Gasteiger partial charge in [-0.25, -0.2) is 8.78 Å². The first kappa shape index (κ1) is 16.3. The van der Waals surface area contributed by atoms with Crippen molar-refractivity contribution in [2.75, 3.05) is 25.0 Å². The van der Waals surface area contributed by atoms with E-state index < -0.39 is 11.6 Å². The van der Waals surface area contributed by atoms with Gasteiger partial charge in [-0.15, -0.1) is 0 Å². The Bertz CT molecular complexity index is 499. The number of nitrogens with two attached hydrogens (primary N) is 1. The number of nitrogens with zero attached hydrogens (tertiary/aromatic N) is 1. The summed E-state index contributed by atoms with van der Waals surface area (Å²) in [6.45, 7) is 2.30. The molecule has 7 heteroatoms. The molecule has 4 nitrogen and oxygen atoms in total. The van der Waals surface area contributed by atoms with Gasteiger partial charge in [-0.1, -0.05) is 19.1 Å². The van der Waals surface area contributed by atoms with Crippen LogP contribution in [0.4, 0.5) is 14.5 Å². The number of benzene rings is 1. The minimum atomic E-state index is -0.807. The second kappa shape index (κ2) is 7.14. The van der Waals surface area contributed by atoms with Crippen LogP contribution in [0.15, 0.2) is 12.1 Å². The SMILES string of the molecule is CCCNC(=O)CN(C)c1c(F)cc(C(N)=S)cc1F. The molecule has 0 aliphatic heterocycles. The van der Waals surface area contributed by atoms with Crippen LogP contribution in [-0.2, 0) is 4.79 Å². The summed E-state index contributed by atoms with van der Waals surface area (Å²) in [5.41, 5.74) is 5.17. The molecule has 110 valence electrons. The first-order valence-electron chi connectivity index (χ1n) is 6.13. The van der Waals surface area contributed by atoms with Crippen LogP contribution in [0.25, 0.3) is 0 Å². The maximum absolute atomic E-state index is 13.9. The lowest BCUT2D eigenvalue weighted by Gasteiger charge is -2.20. The van der Waals surface area contributed by atoms with Crippen molar-refractivity contribution in [1.82, 2.24) is 5.32 Å². The van der Waals surface area contributed by atoms with Gasteiger partial charge in [-0.3, -0.25) is 4.79 Å². The van der Waals surface area contributed by atoms with Gasteiger partial charge in [0.25, 0.3) is 0 Å². The summed E-state index contributed by atoms with van der Waals surface area (Å²) < 4.78 is 27.8. The molecule has 0 aliphatic rings. The summed E-state index contributed by atoms with van der Waals surface area (Å²) in [6, 6.07) is 2.11. The summed E-state index contributed by atoms with van der Waals surface area (Å²) in [5, 5.41) is 2.64. The van der Waals surface area contributed by atoms with Crippen LogP contribution in [-0.4, -0.2) is 31.0 Å².